The molecule has 48 valence electrons. The van der Waals surface area contributed by atoms with Gasteiger partial charge in [0, 0.05) is 7.11 Å². The number of aliphatic imine (C=N–C) groups is 1. The second-order valence-electron chi connectivity index (χ2n) is 2.35. The summed E-state index contributed by atoms with van der Waals surface area (Å²) in [5.74, 6) is 0. The SMILES string of the molecule is C=NCC(C)(C)OC. The number of methoxy groups -OCH3 is 1. The van der Waals surface area contributed by atoms with E-state index in [1.54, 1.807) is 7.11 Å². The van der Waals surface area contributed by atoms with Gasteiger partial charge in [-0.1, -0.05) is 0 Å². The molecule has 0 aliphatic carbocycles. The summed E-state index contributed by atoms with van der Waals surface area (Å²) in [5, 5.41) is 0. The van der Waals surface area contributed by atoms with Crippen LogP contribution in [0.1, 0.15) is 13.8 Å². The second-order valence-corrected chi connectivity index (χ2v) is 2.35. The van der Waals surface area contributed by atoms with Gasteiger partial charge in [-0.2, -0.15) is 0 Å². The first-order chi connectivity index (χ1) is 3.62. The molecule has 0 unspecified atom stereocenters. The van der Waals surface area contributed by atoms with E-state index in [0.717, 1.165) is 0 Å². The molecule has 0 amide bonds. The molecule has 0 bridgehead atoms. The fourth-order valence-electron chi connectivity index (χ4n) is 0.334. The molecule has 0 N–H and O–H groups in total. The maximum Gasteiger partial charge on any atom is 0.0816 e. The maximum absolute atomic E-state index is 5.04. The molecule has 0 spiro atoms. The molecule has 0 aromatic heterocycles. The van der Waals surface area contributed by atoms with E-state index in [0.29, 0.717) is 6.54 Å². The Balaban J connectivity index is 3.53. The Morgan fingerprint density at radius 1 is 1.62 bits per heavy atom. The molecular formula is C6H13NO. The van der Waals surface area contributed by atoms with Crippen LogP contribution in [-0.2, 0) is 4.74 Å². The summed E-state index contributed by atoms with van der Waals surface area (Å²) in [6, 6.07) is 0. The molecular weight excluding hydrogens is 102 g/mol. The standard InChI is InChI=1S/C6H13NO/c1-6(2,8-4)5-7-3/h3,5H2,1-2,4H3. The van der Waals surface area contributed by atoms with Gasteiger partial charge in [0.2, 0.25) is 0 Å². The average Bonchev–Trinajstić information content (AvgIpc) is 1.67. The van der Waals surface area contributed by atoms with E-state index in [-0.39, 0.29) is 5.60 Å². The monoisotopic (exact) mass is 115 g/mol. The second kappa shape index (κ2) is 2.82. The van der Waals surface area contributed by atoms with Gasteiger partial charge in [-0.15, -0.1) is 0 Å². The van der Waals surface area contributed by atoms with E-state index in [4.69, 9.17) is 4.74 Å². The van der Waals surface area contributed by atoms with Gasteiger partial charge in [0.15, 0.2) is 0 Å². The lowest BCUT2D eigenvalue weighted by Crippen LogP contribution is -2.25. The third-order valence-corrected chi connectivity index (χ3v) is 1.05. The van der Waals surface area contributed by atoms with Crippen molar-refractivity contribution >= 4 is 6.72 Å². The molecule has 0 fully saturated rings. The summed E-state index contributed by atoms with van der Waals surface area (Å²) in [6.07, 6.45) is 0. The lowest BCUT2D eigenvalue weighted by molar-refractivity contribution is 0.0313. The fourth-order valence-corrected chi connectivity index (χ4v) is 0.334. The highest BCUT2D eigenvalue weighted by atomic mass is 16.5. The number of hydrogen-bond acceptors (Lipinski definition) is 2. The molecule has 0 saturated heterocycles. The van der Waals surface area contributed by atoms with Crippen molar-refractivity contribution in [3.63, 3.8) is 0 Å². The van der Waals surface area contributed by atoms with E-state index in [2.05, 4.69) is 11.7 Å². The zero-order valence-corrected chi connectivity index (χ0v) is 5.77. The van der Waals surface area contributed by atoms with Crippen molar-refractivity contribution in [1.82, 2.24) is 0 Å². The highest BCUT2D eigenvalue weighted by Gasteiger charge is 2.13. The van der Waals surface area contributed by atoms with Crippen LogP contribution in [0.25, 0.3) is 0 Å². The van der Waals surface area contributed by atoms with E-state index in [9.17, 15) is 0 Å². The summed E-state index contributed by atoms with van der Waals surface area (Å²) in [7, 11) is 1.67. The highest BCUT2D eigenvalue weighted by molar-refractivity contribution is 5.23. The molecule has 0 rings (SSSR count). The van der Waals surface area contributed by atoms with Crippen LogP contribution in [-0.4, -0.2) is 26.0 Å². The Morgan fingerprint density at radius 2 is 2.12 bits per heavy atom. The van der Waals surface area contributed by atoms with Crippen molar-refractivity contribution in [3.8, 4) is 0 Å². The minimum atomic E-state index is -0.137. The number of rotatable bonds is 3. The van der Waals surface area contributed by atoms with Gasteiger partial charge in [-0.3, -0.25) is 4.99 Å². The van der Waals surface area contributed by atoms with Crippen LogP contribution >= 0.6 is 0 Å². The van der Waals surface area contributed by atoms with Gasteiger partial charge < -0.3 is 4.74 Å². The van der Waals surface area contributed by atoms with Gasteiger partial charge >= 0.3 is 0 Å². The van der Waals surface area contributed by atoms with E-state index in [1.165, 1.54) is 0 Å². The average molecular weight is 115 g/mol. The Bertz CT molecular complexity index is 78.6. The van der Waals surface area contributed by atoms with Crippen molar-refractivity contribution in [2.24, 2.45) is 4.99 Å². The first-order valence-corrected chi connectivity index (χ1v) is 2.60. The minimum absolute atomic E-state index is 0.137. The molecule has 2 heteroatoms. The number of ether oxygens (including phenoxy) is 1. The summed E-state index contributed by atoms with van der Waals surface area (Å²) in [5.41, 5.74) is -0.137. The highest BCUT2D eigenvalue weighted by Crippen LogP contribution is 2.05. The maximum atomic E-state index is 5.04. The molecule has 0 aliphatic heterocycles. The molecule has 8 heavy (non-hydrogen) atoms. The van der Waals surface area contributed by atoms with Crippen molar-refractivity contribution < 1.29 is 4.74 Å². The van der Waals surface area contributed by atoms with Gasteiger partial charge in [0.1, 0.15) is 0 Å². The fraction of sp³-hybridized carbons (Fsp3) is 0.833. The quantitative estimate of drug-likeness (QED) is 0.505. The van der Waals surface area contributed by atoms with Crippen LogP contribution < -0.4 is 0 Å². The Morgan fingerprint density at radius 3 is 2.25 bits per heavy atom. The van der Waals surface area contributed by atoms with Crippen molar-refractivity contribution in [2.45, 2.75) is 19.4 Å². The third kappa shape index (κ3) is 2.75. The first kappa shape index (κ1) is 7.63. The molecule has 0 atom stereocenters. The van der Waals surface area contributed by atoms with E-state index >= 15 is 0 Å². The van der Waals surface area contributed by atoms with E-state index in [1.807, 2.05) is 13.8 Å². The molecule has 0 aromatic carbocycles. The summed E-state index contributed by atoms with van der Waals surface area (Å²) >= 11 is 0. The predicted octanol–water partition coefficient (Wildman–Crippen LogP) is 1.11. The smallest absolute Gasteiger partial charge is 0.0816 e. The Hall–Kier alpha value is -0.370. The van der Waals surface area contributed by atoms with Crippen LogP contribution in [0.5, 0.6) is 0 Å². The topological polar surface area (TPSA) is 21.6 Å². The predicted molar refractivity (Wildman–Crippen MR) is 35.5 cm³/mol. The molecule has 0 saturated carbocycles. The summed E-state index contributed by atoms with van der Waals surface area (Å²) in [4.78, 5) is 3.70. The lowest BCUT2D eigenvalue weighted by atomic mass is 10.1. The Kier molecular flexibility index (Phi) is 2.69. The molecule has 0 aromatic rings. The van der Waals surface area contributed by atoms with Crippen LogP contribution in [0.2, 0.25) is 0 Å². The summed E-state index contributed by atoms with van der Waals surface area (Å²) < 4.78 is 5.04. The van der Waals surface area contributed by atoms with Crippen LogP contribution in [0, 0.1) is 0 Å². The van der Waals surface area contributed by atoms with Crippen LogP contribution in [0.4, 0.5) is 0 Å². The molecule has 0 radical (unpaired) electrons. The van der Waals surface area contributed by atoms with Crippen LogP contribution in [0.15, 0.2) is 4.99 Å². The molecule has 0 heterocycles. The van der Waals surface area contributed by atoms with E-state index < -0.39 is 0 Å². The first-order valence-electron chi connectivity index (χ1n) is 2.60. The lowest BCUT2D eigenvalue weighted by Gasteiger charge is -2.19. The molecule has 0 aliphatic rings. The Labute approximate surface area is 50.6 Å². The number of hydrogen-bond donors (Lipinski definition) is 0. The van der Waals surface area contributed by atoms with Crippen molar-refractivity contribution in [2.75, 3.05) is 13.7 Å². The minimum Gasteiger partial charge on any atom is -0.377 e. The van der Waals surface area contributed by atoms with Crippen molar-refractivity contribution in [3.05, 3.63) is 0 Å². The van der Waals surface area contributed by atoms with Gasteiger partial charge in [0.25, 0.3) is 0 Å². The van der Waals surface area contributed by atoms with Gasteiger partial charge in [0.05, 0.1) is 12.1 Å². The largest absolute Gasteiger partial charge is 0.377 e. The molecule has 2 nitrogen and oxygen atoms in total. The third-order valence-electron chi connectivity index (χ3n) is 1.05. The summed E-state index contributed by atoms with van der Waals surface area (Å²) in [6.45, 7) is 7.97. The zero-order chi connectivity index (χ0) is 6.62. The number of nitrogens with zero attached hydrogens (tertiary/aromatic N) is 1. The van der Waals surface area contributed by atoms with Gasteiger partial charge in [-0.25, -0.2) is 0 Å². The normalized spacial score (nSPS) is 11.4. The van der Waals surface area contributed by atoms with Crippen molar-refractivity contribution in [1.29, 1.82) is 0 Å². The van der Waals surface area contributed by atoms with Crippen LogP contribution in [0.3, 0.4) is 0 Å². The van der Waals surface area contributed by atoms with Gasteiger partial charge in [-0.05, 0) is 20.6 Å². The zero-order valence-electron chi connectivity index (χ0n) is 5.77.